The van der Waals surface area contributed by atoms with Crippen LogP contribution in [0.5, 0.6) is 5.75 Å². The maximum absolute atomic E-state index is 6.08. The molecular formula is C17H17NO. The van der Waals surface area contributed by atoms with Gasteiger partial charge in [-0.2, -0.15) is 0 Å². The van der Waals surface area contributed by atoms with Crippen molar-refractivity contribution >= 4 is 11.8 Å². The predicted octanol–water partition coefficient (Wildman–Crippen LogP) is 4.23. The zero-order valence-corrected chi connectivity index (χ0v) is 11.2. The Hall–Kier alpha value is -2.22. The van der Waals surface area contributed by atoms with Gasteiger partial charge in [-0.15, -0.1) is 0 Å². The molecule has 0 saturated heterocycles. The largest absolute Gasteiger partial charge is 0.464 e. The van der Waals surface area contributed by atoms with Crippen molar-refractivity contribution in [3.8, 4) is 5.75 Å². The SMILES string of the molecule is Cc1ccccc1NC1(C)C=Cc2ccccc2O1. The summed E-state index contributed by atoms with van der Waals surface area (Å²) in [5.41, 5.74) is 2.90. The van der Waals surface area contributed by atoms with Gasteiger partial charge in [-0.3, -0.25) is 0 Å². The molecule has 0 amide bonds. The van der Waals surface area contributed by atoms with E-state index in [0.29, 0.717) is 0 Å². The number of hydrogen-bond donors (Lipinski definition) is 1. The molecule has 0 aromatic heterocycles. The summed E-state index contributed by atoms with van der Waals surface area (Å²) < 4.78 is 6.08. The third-order valence-corrected chi connectivity index (χ3v) is 3.35. The Morgan fingerprint density at radius 1 is 1.00 bits per heavy atom. The molecule has 3 rings (SSSR count). The standard InChI is InChI=1S/C17H17NO/c1-13-7-3-5-9-15(13)18-17(2)12-11-14-8-4-6-10-16(14)19-17/h3-12,18H,1-2H3. The molecule has 0 bridgehead atoms. The van der Waals surface area contributed by atoms with E-state index in [1.807, 2.05) is 37.3 Å². The van der Waals surface area contributed by atoms with Crippen molar-refractivity contribution in [3.05, 3.63) is 65.7 Å². The molecule has 1 heterocycles. The number of nitrogens with one attached hydrogen (secondary N) is 1. The van der Waals surface area contributed by atoms with Crippen LogP contribution in [0.4, 0.5) is 5.69 Å². The first-order valence-corrected chi connectivity index (χ1v) is 6.47. The summed E-state index contributed by atoms with van der Waals surface area (Å²) in [5, 5.41) is 3.46. The fraction of sp³-hybridized carbons (Fsp3) is 0.176. The molecular weight excluding hydrogens is 234 g/mol. The molecule has 19 heavy (non-hydrogen) atoms. The summed E-state index contributed by atoms with van der Waals surface area (Å²) in [6.07, 6.45) is 4.16. The third kappa shape index (κ3) is 2.34. The highest BCUT2D eigenvalue weighted by molar-refractivity contribution is 5.63. The van der Waals surface area contributed by atoms with E-state index in [0.717, 1.165) is 17.0 Å². The van der Waals surface area contributed by atoms with Gasteiger partial charge in [0, 0.05) is 11.3 Å². The number of hydrogen-bond acceptors (Lipinski definition) is 2. The molecule has 0 saturated carbocycles. The van der Waals surface area contributed by atoms with Crippen LogP contribution in [0.25, 0.3) is 6.08 Å². The summed E-state index contributed by atoms with van der Waals surface area (Å²) in [7, 11) is 0. The lowest BCUT2D eigenvalue weighted by Crippen LogP contribution is -2.40. The molecule has 1 N–H and O–H groups in total. The number of para-hydroxylation sites is 2. The lowest BCUT2D eigenvalue weighted by molar-refractivity contribution is 0.168. The van der Waals surface area contributed by atoms with Gasteiger partial charge in [-0.05, 0) is 43.7 Å². The maximum atomic E-state index is 6.08. The Balaban J connectivity index is 1.89. The molecule has 1 aliphatic rings. The molecule has 1 unspecified atom stereocenters. The van der Waals surface area contributed by atoms with Crippen molar-refractivity contribution in [1.82, 2.24) is 0 Å². The quantitative estimate of drug-likeness (QED) is 0.862. The second-order valence-electron chi connectivity index (χ2n) is 5.02. The molecule has 0 fully saturated rings. The van der Waals surface area contributed by atoms with E-state index < -0.39 is 5.72 Å². The zero-order chi connectivity index (χ0) is 13.3. The van der Waals surface area contributed by atoms with Crippen LogP contribution in [0.2, 0.25) is 0 Å². The van der Waals surface area contributed by atoms with Gasteiger partial charge in [0.05, 0.1) is 0 Å². The van der Waals surface area contributed by atoms with Gasteiger partial charge < -0.3 is 10.1 Å². The van der Waals surface area contributed by atoms with E-state index in [-0.39, 0.29) is 0 Å². The second kappa shape index (κ2) is 4.47. The molecule has 2 aromatic carbocycles. The average Bonchev–Trinajstić information content (AvgIpc) is 2.41. The van der Waals surface area contributed by atoms with E-state index in [1.54, 1.807) is 0 Å². The van der Waals surface area contributed by atoms with Crippen molar-refractivity contribution in [2.45, 2.75) is 19.6 Å². The van der Waals surface area contributed by atoms with Crippen molar-refractivity contribution in [1.29, 1.82) is 0 Å². The van der Waals surface area contributed by atoms with E-state index in [2.05, 4.69) is 42.6 Å². The lowest BCUT2D eigenvalue weighted by Gasteiger charge is -2.33. The Bertz CT molecular complexity index is 633. The fourth-order valence-corrected chi connectivity index (χ4v) is 2.27. The van der Waals surface area contributed by atoms with Gasteiger partial charge >= 0.3 is 0 Å². The fourth-order valence-electron chi connectivity index (χ4n) is 2.27. The van der Waals surface area contributed by atoms with Crippen molar-refractivity contribution in [2.24, 2.45) is 0 Å². The van der Waals surface area contributed by atoms with E-state index >= 15 is 0 Å². The van der Waals surface area contributed by atoms with Crippen molar-refractivity contribution in [2.75, 3.05) is 5.32 Å². The highest BCUT2D eigenvalue weighted by atomic mass is 16.5. The van der Waals surface area contributed by atoms with Gasteiger partial charge in [0.25, 0.3) is 0 Å². The number of benzene rings is 2. The minimum absolute atomic E-state index is 0.513. The smallest absolute Gasteiger partial charge is 0.197 e. The van der Waals surface area contributed by atoms with Gasteiger partial charge in [-0.1, -0.05) is 36.4 Å². The number of rotatable bonds is 2. The third-order valence-electron chi connectivity index (χ3n) is 3.35. The van der Waals surface area contributed by atoms with Crippen LogP contribution in [0, 0.1) is 6.92 Å². The van der Waals surface area contributed by atoms with Crippen LogP contribution in [0.1, 0.15) is 18.1 Å². The number of aryl methyl sites for hydroxylation is 1. The van der Waals surface area contributed by atoms with Crippen molar-refractivity contribution < 1.29 is 4.74 Å². The van der Waals surface area contributed by atoms with Gasteiger partial charge in [-0.25, -0.2) is 0 Å². The van der Waals surface area contributed by atoms with E-state index in [1.165, 1.54) is 5.56 Å². The minimum atomic E-state index is -0.513. The Labute approximate surface area is 113 Å². The molecule has 2 heteroatoms. The van der Waals surface area contributed by atoms with E-state index in [9.17, 15) is 0 Å². The van der Waals surface area contributed by atoms with Crippen LogP contribution in [0.15, 0.2) is 54.6 Å². The van der Waals surface area contributed by atoms with Gasteiger partial charge in [0.2, 0.25) is 0 Å². The highest BCUT2D eigenvalue weighted by Crippen LogP contribution is 2.31. The molecule has 1 atom stereocenters. The van der Waals surface area contributed by atoms with Crippen LogP contribution in [0.3, 0.4) is 0 Å². The Morgan fingerprint density at radius 2 is 1.74 bits per heavy atom. The van der Waals surface area contributed by atoms with Crippen LogP contribution < -0.4 is 10.1 Å². The summed E-state index contributed by atoms with van der Waals surface area (Å²) >= 11 is 0. The molecule has 0 spiro atoms. The van der Waals surface area contributed by atoms with E-state index in [4.69, 9.17) is 4.74 Å². The molecule has 96 valence electrons. The lowest BCUT2D eigenvalue weighted by atomic mass is 10.1. The monoisotopic (exact) mass is 251 g/mol. The summed E-state index contributed by atoms with van der Waals surface area (Å²) in [5.74, 6) is 0.911. The van der Waals surface area contributed by atoms with Crippen LogP contribution >= 0.6 is 0 Å². The minimum Gasteiger partial charge on any atom is -0.464 e. The molecule has 0 radical (unpaired) electrons. The first-order chi connectivity index (χ1) is 9.16. The van der Waals surface area contributed by atoms with Gasteiger partial charge in [0.1, 0.15) is 5.75 Å². The average molecular weight is 251 g/mol. The summed E-state index contributed by atoms with van der Waals surface area (Å²) in [6, 6.07) is 16.3. The molecule has 1 aliphatic heterocycles. The first-order valence-electron chi connectivity index (χ1n) is 6.47. The highest BCUT2D eigenvalue weighted by Gasteiger charge is 2.27. The Kier molecular flexibility index (Phi) is 2.79. The molecule has 2 nitrogen and oxygen atoms in total. The number of ether oxygens (including phenoxy) is 1. The first kappa shape index (κ1) is 11.8. The normalized spacial score (nSPS) is 20.5. The molecule has 2 aromatic rings. The number of fused-ring (bicyclic) bond motifs is 1. The number of anilines is 1. The summed E-state index contributed by atoms with van der Waals surface area (Å²) in [4.78, 5) is 0. The second-order valence-corrected chi connectivity index (χ2v) is 5.02. The molecule has 0 aliphatic carbocycles. The predicted molar refractivity (Wildman–Crippen MR) is 79.3 cm³/mol. The van der Waals surface area contributed by atoms with Crippen LogP contribution in [-0.4, -0.2) is 5.72 Å². The maximum Gasteiger partial charge on any atom is 0.197 e. The topological polar surface area (TPSA) is 21.3 Å². The zero-order valence-electron chi connectivity index (χ0n) is 11.2. The van der Waals surface area contributed by atoms with Crippen molar-refractivity contribution in [3.63, 3.8) is 0 Å². The van der Waals surface area contributed by atoms with Gasteiger partial charge in [0.15, 0.2) is 5.72 Å². The van der Waals surface area contributed by atoms with Crippen LogP contribution in [-0.2, 0) is 0 Å². The Morgan fingerprint density at radius 3 is 2.58 bits per heavy atom. The summed E-state index contributed by atoms with van der Waals surface area (Å²) in [6.45, 7) is 4.12.